The first-order chi connectivity index (χ1) is 12.6. The van der Waals surface area contributed by atoms with E-state index in [1.165, 1.54) is 10.7 Å². The topological polar surface area (TPSA) is 41.4 Å². The van der Waals surface area contributed by atoms with E-state index in [1.807, 2.05) is 48.2 Å². The highest BCUT2D eigenvalue weighted by atomic mass is 19.1. The number of piperazine rings is 1. The monoisotopic (exact) mass is 352 g/mol. The van der Waals surface area contributed by atoms with Gasteiger partial charge in [-0.15, -0.1) is 0 Å². The van der Waals surface area contributed by atoms with Crippen LogP contribution in [0.3, 0.4) is 0 Å². The predicted octanol–water partition coefficient (Wildman–Crippen LogP) is 2.62. The quantitative estimate of drug-likeness (QED) is 0.727. The Hall–Kier alpha value is -2.73. The number of anilines is 1. The van der Waals surface area contributed by atoms with Crippen molar-refractivity contribution < 1.29 is 4.39 Å². The summed E-state index contributed by atoms with van der Waals surface area (Å²) in [5.74, 6) is -0.191. The zero-order valence-electron chi connectivity index (χ0n) is 14.7. The molecular formula is C20H21FN4O. The van der Waals surface area contributed by atoms with E-state index < -0.39 is 0 Å². The standard InChI is InChI=1S/C20H21FN4O/c1-15-16-6-2-3-7-17(16)20(26)25(22-15)14-23-10-12-24(13-11-23)19-9-5-4-8-18(19)21/h2-9H,10-14H2,1H3. The molecular weight excluding hydrogens is 331 g/mol. The molecule has 2 aromatic carbocycles. The number of hydrogen-bond donors (Lipinski definition) is 0. The zero-order valence-corrected chi connectivity index (χ0v) is 14.7. The second kappa shape index (κ2) is 6.88. The van der Waals surface area contributed by atoms with Crippen molar-refractivity contribution in [2.75, 3.05) is 31.1 Å². The van der Waals surface area contributed by atoms with Crippen molar-refractivity contribution in [1.82, 2.24) is 14.7 Å². The molecule has 0 spiro atoms. The van der Waals surface area contributed by atoms with E-state index in [0.717, 1.165) is 37.3 Å². The van der Waals surface area contributed by atoms with Gasteiger partial charge in [0.25, 0.3) is 5.56 Å². The van der Waals surface area contributed by atoms with Crippen LogP contribution >= 0.6 is 0 Å². The van der Waals surface area contributed by atoms with E-state index in [0.29, 0.717) is 17.7 Å². The Labute approximate surface area is 151 Å². The van der Waals surface area contributed by atoms with Crippen LogP contribution in [0.25, 0.3) is 10.8 Å². The van der Waals surface area contributed by atoms with Crippen LogP contribution in [-0.4, -0.2) is 40.9 Å². The Morgan fingerprint density at radius 1 is 0.962 bits per heavy atom. The highest BCUT2D eigenvalue weighted by Gasteiger charge is 2.20. The molecule has 1 aliphatic heterocycles. The van der Waals surface area contributed by atoms with Crippen LogP contribution in [0.4, 0.5) is 10.1 Å². The van der Waals surface area contributed by atoms with Crippen molar-refractivity contribution in [3.8, 4) is 0 Å². The first-order valence-corrected chi connectivity index (χ1v) is 8.82. The zero-order chi connectivity index (χ0) is 18.1. The van der Waals surface area contributed by atoms with Crippen molar-refractivity contribution in [2.24, 2.45) is 0 Å². The maximum absolute atomic E-state index is 14.0. The van der Waals surface area contributed by atoms with Crippen LogP contribution in [0.15, 0.2) is 53.3 Å². The van der Waals surface area contributed by atoms with Crippen molar-refractivity contribution in [1.29, 1.82) is 0 Å². The van der Waals surface area contributed by atoms with E-state index in [2.05, 4.69) is 10.00 Å². The average Bonchev–Trinajstić information content (AvgIpc) is 2.67. The first-order valence-electron chi connectivity index (χ1n) is 8.82. The first kappa shape index (κ1) is 16.7. The summed E-state index contributed by atoms with van der Waals surface area (Å²) in [6, 6.07) is 14.4. The fourth-order valence-electron chi connectivity index (χ4n) is 3.53. The number of halogens is 1. The third-order valence-corrected chi connectivity index (χ3v) is 4.95. The minimum atomic E-state index is -0.191. The van der Waals surface area contributed by atoms with E-state index in [9.17, 15) is 9.18 Å². The molecule has 1 aromatic heterocycles. The van der Waals surface area contributed by atoms with Crippen LogP contribution in [0.2, 0.25) is 0 Å². The molecule has 1 fully saturated rings. The number of aromatic nitrogens is 2. The number of fused-ring (bicyclic) bond motifs is 1. The van der Waals surface area contributed by atoms with Gasteiger partial charge in [-0.2, -0.15) is 5.10 Å². The molecule has 0 amide bonds. The van der Waals surface area contributed by atoms with Gasteiger partial charge in [0.1, 0.15) is 5.82 Å². The average molecular weight is 352 g/mol. The van der Waals surface area contributed by atoms with Gasteiger partial charge in [-0.25, -0.2) is 9.07 Å². The summed E-state index contributed by atoms with van der Waals surface area (Å²) in [6.45, 7) is 5.34. The molecule has 3 aromatic rings. The molecule has 0 N–H and O–H groups in total. The lowest BCUT2D eigenvalue weighted by Crippen LogP contribution is -2.48. The van der Waals surface area contributed by atoms with Gasteiger partial charge in [0, 0.05) is 31.6 Å². The molecule has 1 aliphatic rings. The summed E-state index contributed by atoms with van der Waals surface area (Å²) in [5.41, 5.74) is 1.43. The van der Waals surface area contributed by atoms with Gasteiger partial charge < -0.3 is 4.90 Å². The van der Waals surface area contributed by atoms with Gasteiger partial charge in [0.05, 0.1) is 23.4 Å². The molecule has 0 saturated carbocycles. The summed E-state index contributed by atoms with van der Waals surface area (Å²) in [7, 11) is 0. The Morgan fingerprint density at radius 3 is 2.35 bits per heavy atom. The van der Waals surface area contributed by atoms with Crippen LogP contribution < -0.4 is 10.5 Å². The highest BCUT2D eigenvalue weighted by molar-refractivity contribution is 5.83. The Balaban J connectivity index is 1.50. The molecule has 4 rings (SSSR count). The van der Waals surface area contributed by atoms with E-state index in [-0.39, 0.29) is 11.4 Å². The molecule has 0 unspecified atom stereocenters. The molecule has 1 saturated heterocycles. The van der Waals surface area contributed by atoms with E-state index in [1.54, 1.807) is 6.07 Å². The van der Waals surface area contributed by atoms with Gasteiger partial charge in [-0.1, -0.05) is 30.3 Å². The Morgan fingerprint density at radius 2 is 1.62 bits per heavy atom. The third kappa shape index (κ3) is 3.08. The van der Waals surface area contributed by atoms with Gasteiger partial charge in [-0.05, 0) is 25.1 Å². The third-order valence-electron chi connectivity index (χ3n) is 4.95. The Kier molecular flexibility index (Phi) is 4.42. The van der Waals surface area contributed by atoms with Crippen molar-refractivity contribution in [3.05, 3.63) is 70.4 Å². The summed E-state index contributed by atoms with van der Waals surface area (Å²) in [6.07, 6.45) is 0. The largest absolute Gasteiger partial charge is 0.367 e. The van der Waals surface area contributed by atoms with Crippen molar-refractivity contribution in [3.63, 3.8) is 0 Å². The number of benzene rings is 2. The molecule has 0 radical (unpaired) electrons. The lowest BCUT2D eigenvalue weighted by Gasteiger charge is -2.36. The van der Waals surface area contributed by atoms with Gasteiger partial charge >= 0.3 is 0 Å². The molecule has 0 aliphatic carbocycles. The number of rotatable bonds is 3. The highest BCUT2D eigenvalue weighted by Crippen LogP contribution is 2.20. The predicted molar refractivity (Wildman–Crippen MR) is 101 cm³/mol. The van der Waals surface area contributed by atoms with Crippen molar-refractivity contribution >= 4 is 16.5 Å². The fraction of sp³-hybridized carbons (Fsp3) is 0.300. The maximum Gasteiger partial charge on any atom is 0.275 e. The molecule has 2 heterocycles. The summed E-state index contributed by atoms with van der Waals surface area (Å²) in [4.78, 5) is 16.9. The SMILES string of the molecule is Cc1nn(CN2CCN(c3ccccc3F)CC2)c(=O)c2ccccc12. The Bertz CT molecular complexity index is 993. The van der Waals surface area contributed by atoms with Gasteiger partial charge in [-0.3, -0.25) is 9.69 Å². The van der Waals surface area contributed by atoms with Crippen LogP contribution in [0, 0.1) is 12.7 Å². The molecule has 0 bridgehead atoms. The normalized spacial score (nSPS) is 15.5. The number of aryl methyl sites for hydroxylation is 1. The number of hydrogen-bond acceptors (Lipinski definition) is 4. The minimum absolute atomic E-state index is 0.0669. The minimum Gasteiger partial charge on any atom is -0.367 e. The maximum atomic E-state index is 14.0. The summed E-state index contributed by atoms with van der Waals surface area (Å²) < 4.78 is 15.5. The van der Waals surface area contributed by atoms with Crippen LogP contribution in [0.5, 0.6) is 0 Å². The lowest BCUT2D eigenvalue weighted by atomic mass is 10.1. The molecule has 134 valence electrons. The second-order valence-corrected chi connectivity index (χ2v) is 6.63. The van der Waals surface area contributed by atoms with Crippen LogP contribution in [-0.2, 0) is 6.67 Å². The summed E-state index contributed by atoms with van der Waals surface area (Å²) >= 11 is 0. The molecule has 5 nitrogen and oxygen atoms in total. The van der Waals surface area contributed by atoms with Gasteiger partial charge in [0.2, 0.25) is 0 Å². The number of nitrogens with zero attached hydrogens (tertiary/aromatic N) is 4. The summed E-state index contributed by atoms with van der Waals surface area (Å²) in [5, 5.41) is 6.08. The van der Waals surface area contributed by atoms with E-state index in [4.69, 9.17) is 0 Å². The van der Waals surface area contributed by atoms with E-state index >= 15 is 0 Å². The van der Waals surface area contributed by atoms with Gasteiger partial charge in [0.15, 0.2) is 0 Å². The molecule has 0 atom stereocenters. The number of para-hydroxylation sites is 1. The second-order valence-electron chi connectivity index (χ2n) is 6.63. The lowest BCUT2D eigenvalue weighted by molar-refractivity contribution is 0.191. The molecule has 26 heavy (non-hydrogen) atoms. The van der Waals surface area contributed by atoms with Crippen molar-refractivity contribution in [2.45, 2.75) is 13.6 Å². The van der Waals surface area contributed by atoms with Crippen LogP contribution in [0.1, 0.15) is 5.69 Å². The fourth-order valence-corrected chi connectivity index (χ4v) is 3.53. The molecule has 6 heteroatoms. The smallest absolute Gasteiger partial charge is 0.275 e.